The van der Waals surface area contributed by atoms with Crippen LogP contribution in [0, 0.1) is 0 Å². The molecule has 1 saturated heterocycles. The number of rotatable bonds is 6. The number of hydrogen-bond donors (Lipinski definition) is 1. The number of carbonyl (C=O) groups is 1. The smallest absolute Gasteiger partial charge is 0.244 e. The molecule has 0 atom stereocenters. The first-order valence-corrected chi connectivity index (χ1v) is 10.0. The minimum atomic E-state index is -3.53. The summed E-state index contributed by atoms with van der Waals surface area (Å²) in [6.07, 6.45) is 1.72. The van der Waals surface area contributed by atoms with Crippen LogP contribution < -0.4 is 14.8 Å². The summed E-state index contributed by atoms with van der Waals surface area (Å²) in [5.41, 5.74) is 0.789. The fourth-order valence-electron chi connectivity index (χ4n) is 3.23. The lowest BCUT2D eigenvalue weighted by molar-refractivity contribution is -0.134. The maximum atomic E-state index is 13.0. The van der Waals surface area contributed by atoms with E-state index < -0.39 is 14.6 Å². The molecule has 0 unspecified atom stereocenters. The van der Waals surface area contributed by atoms with Crippen LogP contribution in [0.5, 0.6) is 11.5 Å². The molecule has 1 aromatic rings. The van der Waals surface area contributed by atoms with Crippen LogP contribution in [0.15, 0.2) is 18.2 Å². The highest BCUT2D eigenvalue weighted by atomic mass is 32.2. The number of amides is 1. The van der Waals surface area contributed by atoms with Crippen LogP contribution in [-0.2, 0) is 21.2 Å². The fraction of sp³-hybridized carbons (Fsp3) is 0.588. The van der Waals surface area contributed by atoms with Crippen LogP contribution >= 0.6 is 0 Å². The summed E-state index contributed by atoms with van der Waals surface area (Å²) in [5, 5.41) is 3.12. The number of sulfone groups is 1. The van der Waals surface area contributed by atoms with Gasteiger partial charge >= 0.3 is 0 Å². The summed E-state index contributed by atoms with van der Waals surface area (Å²) < 4.78 is 34.0. The molecule has 1 aromatic carbocycles. The zero-order valence-electron chi connectivity index (χ0n) is 15.2. The number of carbonyl (C=O) groups excluding carboxylic acids is 1. The van der Waals surface area contributed by atoms with Crippen molar-refractivity contribution in [1.29, 1.82) is 0 Å². The zero-order chi connectivity index (χ0) is 18.7. The summed E-state index contributed by atoms with van der Waals surface area (Å²) >= 11 is 0. The second-order valence-corrected chi connectivity index (χ2v) is 8.68. The monoisotopic (exact) mass is 370 g/mol. The van der Waals surface area contributed by atoms with Gasteiger partial charge in [-0.2, -0.15) is 0 Å². The lowest BCUT2D eigenvalue weighted by atomic mass is 9.95. The number of nitrogens with one attached hydrogen (secondary N) is 1. The molecule has 0 saturated carbocycles. The van der Waals surface area contributed by atoms with E-state index in [1.54, 1.807) is 33.4 Å². The van der Waals surface area contributed by atoms with Crippen molar-refractivity contribution >= 4 is 15.7 Å². The third kappa shape index (κ3) is 3.90. The first-order valence-electron chi connectivity index (χ1n) is 8.12. The van der Waals surface area contributed by atoms with E-state index in [1.165, 1.54) is 4.90 Å². The number of methoxy groups -OCH3 is 2. The first kappa shape index (κ1) is 19.5. The van der Waals surface area contributed by atoms with Crippen molar-refractivity contribution in [3.8, 4) is 11.5 Å². The maximum Gasteiger partial charge on any atom is 0.244 e. The van der Waals surface area contributed by atoms with E-state index in [1.807, 2.05) is 6.07 Å². The number of ether oxygens (including phenoxy) is 2. The molecule has 0 radical (unpaired) electrons. The van der Waals surface area contributed by atoms with Gasteiger partial charge in [-0.15, -0.1) is 0 Å². The van der Waals surface area contributed by atoms with Gasteiger partial charge in [-0.1, -0.05) is 0 Å². The highest BCUT2D eigenvalue weighted by molar-refractivity contribution is 7.92. The molecule has 1 N–H and O–H groups in total. The average Bonchev–Trinajstić information content (AvgIpc) is 2.60. The minimum Gasteiger partial charge on any atom is -0.497 e. The molecule has 140 valence electrons. The molecular formula is C17H26N2O5S. The Kier molecular flexibility index (Phi) is 5.95. The van der Waals surface area contributed by atoms with E-state index in [0.717, 1.165) is 11.8 Å². The van der Waals surface area contributed by atoms with Crippen LogP contribution in [0.3, 0.4) is 0 Å². The summed E-state index contributed by atoms with van der Waals surface area (Å²) in [4.78, 5) is 14.5. The zero-order valence-corrected chi connectivity index (χ0v) is 16.0. The van der Waals surface area contributed by atoms with Crippen molar-refractivity contribution in [3.63, 3.8) is 0 Å². The molecular weight excluding hydrogens is 344 g/mol. The molecule has 8 heteroatoms. The van der Waals surface area contributed by atoms with Gasteiger partial charge in [0.2, 0.25) is 5.91 Å². The van der Waals surface area contributed by atoms with Crippen LogP contribution in [0.2, 0.25) is 0 Å². The normalized spacial score (nSPS) is 17.0. The molecule has 0 aliphatic carbocycles. The van der Waals surface area contributed by atoms with Gasteiger partial charge in [0.05, 0.1) is 14.2 Å². The summed E-state index contributed by atoms with van der Waals surface area (Å²) in [6, 6.07) is 5.34. The van der Waals surface area contributed by atoms with Gasteiger partial charge < -0.3 is 19.7 Å². The van der Waals surface area contributed by atoms with Gasteiger partial charge in [-0.05, 0) is 38.1 Å². The lowest BCUT2D eigenvalue weighted by Gasteiger charge is -2.37. The predicted molar refractivity (Wildman–Crippen MR) is 95.7 cm³/mol. The predicted octanol–water partition coefficient (Wildman–Crippen LogP) is 0.829. The Morgan fingerprint density at radius 1 is 1.24 bits per heavy atom. The first-order chi connectivity index (χ1) is 11.7. The van der Waals surface area contributed by atoms with Crippen molar-refractivity contribution in [2.75, 3.05) is 40.6 Å². The summed E-state index contributed by atoms with van der Waals surface area (Å²) in [6.45, 7) is 1.29. The van der Waals surface area contributed by atoms with Crippen molar-refractivity contribution in [1.82, 2.24) is 10.2 Å². The lowest BCUT2D eigenvalue weighted by Crippen LogP contribution is -2.57. The minimum absolute atomic E-state index is 0.261. The average molecular weight is 370 g/mol. The van der Waals surface area contributed by atoms with Gasteiger partial charge in [0.25, 0.3) is 0 Å². The highest BCUT2D eigenvalue weighted by Gasteiger charge is 2.49. The Balaban J connectivity index is 2.27. The number of nitrogens with zero attached hydrogens (tertiary/aromatic N) is 1. The van der Waals surface area contributed by atoms with E-state index in [4.69, 9.17) is 9.47 Å². The maximum absolute atomic E-state index is 13.0. The Labute approximate surface area is 149 Å². The topological polar surface area (TPSA) is 84.9 Å². The molecule has 25 heavy (non-hydrogen) atoms. The molecule has 1 aliphatic heterocycles. The molecule has 0 bridgehead atoms. The van der Waals surface area contributed by atoms with Crippen molar-refractivity contribution in [3.05, 3.63) is 23.8 Å². The quantitative estimate of drug-likeness (QED) is 0.798. The van der Waals surface area contributed by atoms with Crippen LogP contribution in [0.1, 0.15) is 18.4 Å². The molecule has 7 nitrogen and oxygen atoms in total. The fourth-order valence-corrected chi connectivity index (χ4v) is 4.65. The van der Waals surface area contributed by atoms with E-state index in [-0.39, 0.29) is 25.3 Å². The second kappa shape index (κ2) is 7.61. The van der Waals surface area contributed by atoms with E-state index in [2.05, 4.69) is 5.32 Å². The molecule has 1 amide bonds. The van der Waals surface area contributed by atoms with Crippen molar-refractivity contribution in [2.24, 2.45) is 0 Å². The number of hydrogen-bond acceptors (Lipinski definition) is 6. The SMILES string of the molecule is COc1ccc(CN(C)C(=O)C2(S(C)(=O)=O)CCNCC2)c(OC)c1. The Hall–Kier alpha value is -1.80. The summed E-state index contributed by atoms with van der Waals surface area (Å²) in [5.74, 6) is 0.882. The van der Waals surface area contributed by atoms with Crippen LogP contribution in [0.4, 0.5) is 0 Å². The number of piperidine rings is 1. The van der Waals surface area contributed by atoms with E-state index in [9.17, 15) is 13.2 Å². The molecule has 2 rings (SSSR count). The van der Waals surface area contributed by atoms with E-state index in [0.29, 0.717) is 24.6 Å². The molecule has 0 spiro atoms. The van der Waals surface area contributed by atoms with Crippen LogP contribution in [-0.4, -0.2) is 64.6 Å². The van der Waals surface area contributed by atoms with E-state index >= 15 is 0 Å². The van der Waals surface area contributed by atoms with Crippen LogP contribution in [0.25, 0.3) is 0 Å². The molecule has 1 heterocycles. The molecule has 1 fully saturated rings. The Morgan fingerprint density at radius 2 is 1.88 bits per heavy atom. The third-order valence-electron chi connectivity index (χ3n) is 4.76. The van der Waals surface area contributed by atoms with Gasteiger partial charge in [0, 0.05) is 31.5 Å². The third-order valence-corrected chi connectivity index (χ3v) is 6.76. The highest BCUT2D eigenvalue weighted by Crippen LogP contribution is 2.31. The Morgan fingerprint density at radius 3 is 2.40 bits per heavy atom. The Bertz CT molecular complexity index is 727. The van der Waals surface area contributed by atoms with Gasteiger partial charge in [-0.25, -0.2) is 8.42 Å². The molecule has 0 aromatic heterocycles. The van der Waals surface area contributed by atoms with Gasteiger partial charge in [0.15, 0.2) is 14.6 Å². The second-order valence-electron chi connectivity index (χ2n) is 6.36. The number of benzene rings is 1. The van der Waals surface area contributed by atoms with Gasteiger partial charge in [0.1, 0.15) is 11.5 Å². The standard InChI is InChI=1S/C17H26N2O5S/c1-19(12-13-5-6-14(23-2)11-15(13)24-3)16(20)17(25(4,21)22)7-9-18-10-8-17/h5-6,11,18H,7-10,12H2,1-4H3. The summed E-state index contributed by atoms with van der Waals surface area (Å²) in [7, 11) is 1.21. The van der Waals surface area contributed by atoms with Gasteiger partial charge in [-0.3, -0.25) is 4.79 Å². The molecule has 1 aliphatic rings. The largest absolute Gasteiger partial charge is 0.497 e. The van der Waals surface area contributed by atoms with Crippen molar-refractivity contribution in [2.45, 2.75) is 24.1 Å². The van der Waals surface area contributed by atoms with Crippen molar-refractivity contribution < 1.29 is 22.7 Å².